The first-order valence-corrected chi connectivity index (χ1v) is 5.70. The van der Waals surface area contributed by atoms with Crippen LogP contribution in [0.3, 0.4) is 0 Å². The Morgan fingerprint density at radius 2 is 2.36 bits per heavy atom. The van der Waals surface area contributed by atoms with Crippen molar-refractivity contribution in [2.24, 2.45) is 4.99 Å². The van der Waals surface area contributed by atoms with Gasteiger partial charge in [-0.15, -0.1) is 0 Å². The fraction of sp³-hybridized carbons (Fsp3) is 0.400. The molecule has 1 aliphatic rings. The first kappa shape index (κ1) is 9.52. The molecule has 0 bridgehead atoms. The Morgan fingerprint density at radius 1 is 1.43 bits per heavy atom. The summed E-state index contributed by atoms with van der Waals surface area (Å²) in [6, 6.07) is 4.02. The SMILES string of the molecule is Cc1ccc(NC2=NCCCS2)cn1. The van der Waals surface area contributed by atoms with Gasteiger partial charge in [0.2, 0.25) is 0 Å². The minimum Gasteiger partial charge on any atom is -0.334 e. The summed E-state index contributed by atoms with van der Waals surface area (Å²) in [6.45, 7) is 2.92. The van der Waals surface area contributed by atoms with E-state index in [1.165, 1.54) is 6.42 Å². The Bertz CT molecular complexity index is 332. The van der Waals surface area contributed by atoms with E-state index in [4.69, 9.17) is 0 Å². The summed E-state index contributed by atoms with van der Waals surface area (Å²) >= 11 is 1.77. The van der Waals surface area contributed by atoms with Gasteiger partial charge in [-0.3, -0.25) is 9.98 Å². The third-order valence-corrected chi connectivity index (χ3v) is 2.96. The van der Waals surface area contributed by atoms with Crippen LogP contribution in [-0.2, 0) is 0 Å². The maximum Gasteiger partial charge on any atom is 0.161 e. The van der Waals surface area contributed by atoms with Gasteiger partial charge < -0.3 is 5.32 Å². The van der Waals surface area contributed by atoms with E-state index in [-0.39, 0.29) is 0 Å². The van der Waals surface area contributed by atoms with Gasteiger partial charge in [0, 0.05) is 18.0 Å². The molecule has 0 saturated carbocycles. The normalized spacial score (nSPS) is 16.2. The van der Waals surface area contributed by atoms with Gasteiger partial charge in [-0.1, -0.05) is 11.8 Å². The van der Waals surface area contributed by atoms with Gasteiger partial charge in [-0.2, -0.15) is 0 Å². The molecular formula is C10H13N3S. The first-order chi connectivity index (χ1) is 6.84. The molecule has 1 aromatic rings. The number of thioether (sulfide) groups is 1. The van der Waals surface area contributed by atoms with Crippen LogP contribution in [0.2, 0.25) is 0 Å². The summed E-state index contributed by atoms with van der Waals surface area (Å²) in [5.41, 5.74) is 2.05. The van der Waals surface area contributed by atoms with E-state index in [0.717, 1.165) is 28.8 Å². The second-order valence-corrected chi connectivity index (χ2v) is 4.29. The summed E-state index contributed by atoms with van der Waals surface area (Å²) in [6.07, 6.45) is 3.02. The summed E-state index contributed by atoms with van der Waals surface area (Å²) in [4.78, 5) is 8.61. The van der Waals surface area contributed by atoms with Crippen molar-refractivity contribution in [2.45, 2.75) is 13.3 Å². The number of nitrogens with one attached hydrogen (secondary N) is 1. The Balaban J connectivity index is 2.03. The fourth-order valence-electron chi connectivity index (χ4n) is 1.20. The average molecular weight is 207 g/mol. The molecule has 0 atom stereocenters. The zero-order valence-corrected chi connectivity index (χ0v) is 8.97. The highest BCUT2D eigenvalue weighted by Gasteiger charge is 2.05. The third-order valence-electron chi connectivity index (χ3n) is 1.96. The van der Waals surface area contributed by atoms with Crippen molar-refractivity contribution in [3.05, 3.63) is 24.0 Å². The number of pyridine rings is 1. The van der Waals surface area contributed by atoms with Crippen molar-refractivity contribution in [3.8, 4) is 0 Å². The quantitative estimate of drug-likeness (QED) is 0.767. The Kier molecular flexibility index (Phi) is 3.03. The molecule has 3 nitrogen and oxygen atoms in total. The van der Waals surface area contributed by atoms with Crippen molar-refractivity contribution in [1.82, 2.24) is 4.98 Å². The number of nitrogens with zero attached hydrogens (tertiary/aromatic N) is 2. The van der Waals surface area contributed by atoms with Gasteiger partial charge in [0.25, 0.3) is 0 Å². The molecule has 4 heteroatoms. The summed E-state index contributed by atoms with van der Waals surface area (Å²) in [7, 11) is 0. The van der Waals surface area contributed by atoms with E-state index in [1.54, 1.807) is 11.8 Å². The van der Waals surface area contributed by atoms with Crippen LogP contribution >= 0.6 is 11.8 Å². The van der Waals surface area contributed by atoms with Crippen LogP contribution in [0.5, 0.6) is 0 Å². The van der Waals surface area contributed by atoms with Crippen molar-refractivity contribution >= 4 is 22.6 Å². The number of amidine groups is 1. The van der Waals surface area contributed by atoms with Crippen LogP contribution in [0.4, 0.5) is 5.69 Å². The molecule has 0 radical (unpaired) electrons. The number of aromatic nitrogens is 1. The minimum absolute atomic E-state index is 0.939. The smallest absolute Gasteiger partial charge is 0.161 e. The minimum atomic E-state index is 0.939. The fourth-order valence-corrected chi connectivity index (χ4v) is 2.04. The average Bonchev–Trinajstić information content (AvgIpc) is 2.23. The number of hydrogen-bond acceptors (Lipinski definition) is 4. The van der Waals surface area contributed by atoms with Crippen molar-refractivity contribution in [2.75, 3.05) is 17.6 Å². The van der Waals surface area contributed by atoms with E-state index in [2.05, 4.69) is 15.3 Å². The molecule has 2 heterocycles. The molecule has 1 aliphatic heterocycles. The zero-order valence-electron chi connectivity index (χ0n) is 8.16. The molecule has 0 aliphatic carbocycles. The maximum atomic E-state index is 4.39. The molecule has 1 aromatic heterocycles. The van der Waals surface area contributed by atoms with Gasteiger partial charge in [0.05, 0.1) is 11.9 Å². The van der Waals surface area contributed by atoms with Gasteiger partial charge >= 0.3 is 0 Å². The number of hydrogen-bond donors (Lipinski definition) is 1. The number of rotatable bonds is 1. The lowest BCUT2D eigenvalue weighted by Gasteiger charge is -2.12. The number of aryl methyl sites for hydroxylation is 1. The second-order valence-electron chi connectivity index (χ2n) is 3.20. The Labute approximate surface area is 88.0 Å². The van der Waals surface area contributed by atoms with E-state index in [1.807, 2.05) is 25.3 Å². The predicted octanol–water partition coefficient (Wildman–Crippen LogP) is 2.29. The molecule has 0 unspecified atom stereocenters. The van der Waals surface area contributed by atoms with Crippen LogP contribution in [0.15, 0.2) is 23.3 Å². The van der Waals surface area contributed by atoms with Gasteiger partial charge in [-0.25, -0.2) is 0 Å². The first-order valence-electron chi connectivity index (χ1n) is 4.71. The highest BCUT2D eigenvalue weighted by atomic mass is 32.2. The van der Waals surface area contributed by atoms with E-state index >= 15 is 0 Å². The van der Waals surface area contributed by atoms with Crippen LogP contribution in [-0.4, -0.2) is 22.4 Å². The largest absolute Gasteiger partial charge is 0.334 e. The summed E-state index contributed by atoms with van der Waals surface area (Å²) < 4.78 is 0. The molecule has 1 N–H and O–H groups in total. The topological polar surface area (TPSA) is 37.3 Å². The van der Waals surface area contributed by atoms with Gasteiger partial charge in [-0.05, 0) is 25.5 Å². The van der Waals surface area contributed by atoms with E-state index in [9.17, 15) is 0 Å². The molecule has 2 rings (SSSR count). The molecular weight excluding hydrogens is 194 g/mol. The lowest BCUT2D eigenvalue weighted by Crippen LogP contribution is -2.13. The maximum absolute atomic E-state index is 4.39. The lowest BCUT2D eigenvalue weighted by molar-refractivity contribution is 0.938. The molecule has 0 saturated heterocycles. The molecule has 0 aromatic carbocycles. The highest BCUT2D eigenvalue weighted by molar-refractivity contribution is 8.14. The van der Waals surface area contributed by atoms with Crippen LogP contribution in [0.1, 0.15) is 12.1 Å². The molecule has 0 spiro atoms. The van der Waals surface area contributed by atoms with Crippen LogP contribution in [0, 0.1) is 6.92 Å². The zero-order chi connectivity index (χ0) is 9.80. The monoisotopic (exact) mass is 207 g/mol. The highest BCUT2D eigenvalue weighted by Crippen LogP contribution is 2.15. The molecule has 0 fully saturated rings. The van der Waals surface area contributed by atoms with Crippen LogP contribution < -0.4 is 5.32 Å². The summed E-state index contributed by atoms with van der Waals surface area (Å²) in [5.74, 6) is 1.16. The van der Waals surface area contributed by atoms with Crippen molar-refractivity contribution in [1.29, 1.82) is 0 Å². The summed E-state index contributed by atoms with van der Waals surface area (Å²) in [5, 5.41) is 4.27. The van der Waals surface area contributed by atoms with E-state index < -0.39 is 0 Å². The lowest BCUT2D eigenvalue weighted by atomic mass is 10.3. The third kappa shape index (κ3) is 2.48. The second kappa shape index (κ2) is 4.46. The van der Waals surface area contributed by atoms with Crippen LogP contribution in [0.25, 0.3) is 0 Å². The Hall–Kier alpha value is -1.03. The van der Waals surface area contributed by atoms with Crippen molar-refractivity contribution in [3.63, 3.8) is 0 Å². The predicted molar refractivity (Wildman–Crippen MR) is 62.0 cm³/mol. The molecule has 0 amide bonds. The number of anilines is 1. The molecule has 74 valence electrons. The van der Waals surface area contributed by atoms with E-state index in [0.29, 0.717) is 0 Å². The Morgan fingerprint density at radius 3 is 3.00 bits per heavy atom. The number of aliphatic imine (C=N–C) groups is 1. The van der Waals surface area contributed by atoms with Crippen molar-refractivity contribution < 1.29 is 0 Å². The molecule has 14 heavy (non-hydrogen) atoms. The standard InChI is InChI=1S/C10H13N3S/c1-8-3-4-9(7-12-8)13-10-11-5-2-6-14-10/h3-4,7H,2,5-6H2,1H3,(H,11,13). The van der Waals surface area contributed by atoms with Gasteiger partial charge in [0.1, 0.15) is 0 Å². The van der Waals surface area contributed by atoms with Gasteiger partial charge in [0.15, 0.2) is 5.17 Å².